The maximum absolute atomic E-state index is 14.2. The Balaban J connectivity index is 1.64. The maximum Gasteiger partial charge on any atom is 0.407 e. The summed E-state index contributed by atoms with van der Waals surface area (Å²) in [5.41, 5.74) is 0.794. The topological polar surface area (TPSA) is 69.7 Å². The molecular weight excluding hydrogens is 363 g/mol. The molecule has 1 aromatic heterocycles. The Hall–Kier alpha value is -3.08. The molecule has 1 fully saturated rings. The second-order valence-corrected chi connectivity index (χ2v) is 7.76. The van der Waals surface area contributed by atoms with Gasteiger partial charge in [-0.3, -0.25) is 4.68 Å². The van der Waals surface area contributed by atoms with Crippen molar-refractivity contribution in [3.8, 4) is 5.75 Å². The number of carbonyl (C=O) groups excluding carboxylic acids is 1. The number of ether oxygens (including phenoxy) is 2. The molecule has 1 amide bonds. The van der Waals surface area contributed by atoms with Crippen molar-refractivity contribution in [1.29, 1.82) is 0 Å². The van der Waals surface area contributed by atoms with Gasteiger partial charge in [0.05, 0.1) is 25.4 Å². The number of amides is 1. The van der Waals surface area contributed by atoms with Gasteiger partial charge in [0.1, 0.15) is 17.2 Å². The van der Waals surface area contributed by atoms with E-state index in [2.05, 4.69) is 15.3 Å². The number of hydrogen-bond donors (Lipinski definition) is 1. The van der Waals surface area contributed by atoms with E-state index in [9.17, 15) is 9.18 Å². The number of rotatable bonds is 6. The quantitative estimate of drug-likeness (QED) is 0.756. The van der Waals surface area contributed by atoms with Crippen LogP contribution in [0.2, 0.25) is 0 Å². The van der Waals surface area contributed by atoms with Crippen LogP contribution in [0.25, 0.3) is 4.85 Å². The van der Waals surface area contributed by atoms with Crippen LogP contribution in [0.1, 0.15) is 44.7 Å². The Kier molecular flexibility index (Phi) is 5.54. The van der Waals surface area contributed by atoms with Crippen molar-refractivity contribution in [3.63, 3.8) is 0 Å². The first-order chi connectivity index (χ1) is 13.2. The molecule has 1 N–H and O–H groups in total. The summed E-state index contributed by atoms with van der Waals surface area (Å²) in [6, 6.07) is 3.02. The number of halogens is 1. The lowest BCUT2D eigenvalue weighted by molar-refractivity contribution is 0.0523. The molecule has 0 spiro atoms. The third-order valence-electron chi connectivity index (χ3n) is 3.89. The summed E-state index contributed by atoms with van der Waals surface area (Å²) in [4.78, 5) is 15.0. The smallest absolute Gasteiger partial charge is 0.407 e. The summed E-state index contributed by atoms with van der Waals surface area (Å²) < 4.78 is 26.7. The van der Waals surface area contributed by atoms with Gasteiger partial charge in [0.25, 0.3) is 5.69 Å². The second-order valence-electron chi connectivity index (χ2n) is 7.76. The molecule has 1 saturated carbocycles. The zero-order valence-electron chi connectivity index (χ0n) is 16.2. The number of alkyl carbamates (subject to hydrolysis) is 1. The molecule has 1 aromatic carbocycles. The van der Waals surface area contributed by atoms with Gasteiger partial charge >= 0.3 is 6.09 Å². The minimum Gasteiger partial charge on any atom is -0.501 e. The first kappa shape index (κ1) is 19.7. The number of hydrogen-bond acceptors (Lipinski definition) is 4. The highest BCUT2D eigenvalue weighted by molar-refractivity contribution is 5.67. The van der Waals surface area contributed by atoms with E-state index in [-0.39, 0.29) is 24.1 Å². The van der Waals surface area contributed by atoms with Gasteiger partial charge in [-0.05, 0) is 51.3 Å². The van der Waals surface area contributed by atoms with Crippen molar-refractivity contribution >= 4 is 11.8 Å². The summed E-state index contributed by atoms with van der Waals surface area (Å²) >= 11 is 0. The fourth-order valence-corrected chi connectivity index (χ4v) is 2.54. The third kappa shape index (κ3) is 5.46. The highest BCUT2D eigenvalue weighted by atomic mass is 19.1. The van der Waals surface area contributed by atoms with E-state index in [1.165, 1.54) is 6.07 Å². The van der Waals surface area contributed by atoms with E-state index in [0.717, 1.165) is 18.4 Å². The molecule has 0 unspecified atom stereocenters. The van der Waals surface area contributed by atoms with Crippen molar-refractivity contribution in [3.05, 3.63) is 52.9 Å². The molecule has 7 nitrogen and oxygen atoms in total. The number of nitrogens with one attached hydrogen (secondary N) is 1. The van der Waals surface area contributed by atoms with Crippen LogP contribution < -0.4 is 10.1 Å². The molecular formula is C20H23FN4O3. The van der Waals surface area contributed by atoms with Gasteiger partial charge in [-0.25, -0.2) is 14.0 Å². The number of nitrogens with zero attached hydrogens (tertiary/aromatic N) is 3. The first-order valence-corrected chi connectivity index (χ1v) is 9.08. The molecule has 28 heavy (non-hydrogen) atoms. The normalized spacial score (nSPS) is 13.7. The lowest BCUT2D eigenvalue weighted by Crippen LogP contribution is -2.32. The van der Waals surface area contributed by atoms with Gasteiger partial charge in [-0.15, -0.1) is 0 Å². The monoisotopic (exact) mass is 386 g/mol. The van der Waals surface area contributed by atoms with Crippen LogP contribution in [0.15, 0.2) is 24.5 Å². The van der Waals surface area contributed by atoms with Gasteiger partial charge in [-0.1, -0.05) is 0 Å². The molecule has 8 heteroatoms. The predicted octanol–water partition coefficient (Wildman–Crippen LogP) is 4.19. The minimum atomic E-state index is -0.595. The van der Waals surface area contributed by atoms with Gasteiger partial charge in [0.15, 0.2) is 0 Å². The lowest BCUT2D eigenvalue weighted by Gasteiger charge is -2.19. The van der Waals surface area contributed by atoms with Crippen molar-refractivity contribution < 1.29 is 18.7 Å². The van der Waals surface area contributed by atoms with E-state index < -0.39 is 17.5 Å². The van der Waals surface area contributed by atoms with E-state index >= 15 is 0 Å². The van der Waals surface area contributed by atoms with Gasteiger partial charge in [0, 0.05) is 18.3 Å². The fraction of sp³-hybridized carbons (Fsp3) is 0.450. The number of carbonyl (C=O) groups is 1. The summed E-state index contributed by atoms with van der Waals surface area (Å²) in [5, 5.41) is 6.91. The van der Waals surface area contributed by atoms with Crippen molar-refractivity contribution in [1.82, 2.24) is 15.1 Å². The van der Waals surface area contributed by atoms with Crippen LogP contribution in [-0.4, -0.2) is 27.6 Å². The summed E-state index contributed by atoms with van der Waals surface area (Å²) in [6.07, 6.45) is 4.82. The van der Waals surface area contributed by atoms with Crippen molar-refractivity contribution in [2.75, 3.05) is 0 Å². The Bertz CT molecular complexity index is 907. The molecule has 2 aromatic rings. The van der Waals surface area contributed by atoms with Crippen LogP contribution in [0.3, 0.4) is 0 Å². The molecule has 0 atom stereocenters. The highest BCUT2D eigenvalue weighted by Crippen LogP contribution is 2.36. The average Bonchev–Trinajstić information content (AvgIpc) is 3.28. The van der Waals surface area contributed by atoms with Crippen LogP contribution in [0.4, 0.5) is 14.9 Å². The Morgan fingerprint density at radius 1 is 1.39 bits per heavy atom. The van der Waals surface area contributed by atoms with E-state index in [4.69, 9.17) is 16.0 Å². The van der Waals surface area contributed by atoms with E-state index in [0.29, 0.717) is 12.1 Å². The number of aromatic nitrogens is 2. The lowest BCUT2D eigenvalue weighted by atomic mass is 10.1. The Labute approximate surface area is 163 Å². The number of benzene rings is 1. The molecule has 1 heterocycles. The van der Waals surface area contributed by atoms with E-state index in [1.807, 2.05) is 0 Å². The molecule has 148 valence electrons. The molecule has 0 aliphatic heterocycles. The summed E-state index contributed by atoms with van der Waals surface area (Å²) in [7, 11) is 0. The summed E-state index contributed by atoms with van der Waals surface area (Å²) in [5.74, 6) is -0.311. The predicted molar refractivity (Wildman–Crippen MR) is 101 cm³/mol. The SMILES string of the molecule is [C-]#[N+]c1c(F)cc(Cn2cc(CNC(=O)OC(C)(C)C)cn2)cc1OC1CC1. The maximum atomic E-state index is 14.2. The Morgan fingerprint density at radius 3 is 2.79 bits per heavy atom. The largest absolute Gasteiger partial charge is 0.501 e. The molecule has 0 saturated heterocycles. The molecule has 1 aliphatic carbocycles. The van der Waals surface area contributed by atoms with Gasteiger partial charge in [-0.2, -0.15) is 5.10 Å². The minimum absolute atomic E-state index is 0.0744. The Morgan fingerprint density at radius 2 is 2.14 bits per heavy atom. The van der Waals surface area contributed by atoms with Crippen LogP contribution in [-0.2, 0) is 17.8 Å². The molecule has 0 radical (unpaired) electrons. The highest BCUT2D eigenvalue weighted by Gasteiger charge is 2.26. The fourth-order valence-electron chi connectivity index (χ4n) is 2.54. The second kappa shape index (κ2) is 7.89. The van der Waals surface area contributed by atoms with Crippen LogP contribution >= 0.6 is 0 Å². The standard InChI is InChI=1S/C20H23FN4O3/c1-20(2,3)28-19(26)23-9-14-10-24-25(12-14)11-13-7-16(21)18(22-4)17(8-13)27-15-5-6-15/h7-8,10,12,15H,5-6,9,11H2,1-3H3,(H,23,26). The average molecular weight is 386 g/mol. The first-order valence-electron chi connectivity index (χ1n) is 9.08. The molecule has 0 bridgehead atoms. The summed E-state index contributed by atoms with van der Waals surface area (Å²) in [6.45, 7) is 13.1. The zero-order chi connectivity index (χ0) is 20.3. The molecule has 1 aliphatic rings. The van der Waals surface area contributed by atoms with E-state index in [1.54, 1.807) is 43.9 Å². The molecule has 3 rings (SSSR count). The van der Waals surface area contributed by atoms with Gasteiger partial charge in [0.2, 0.25) is 0 Å². The van der Waals surface area contributed by atoms with Crippen LogP contribution in [0.5, 0.6) is 5.75 Å². The van der Waals surface area contributed by atoms with Gasteiger partial charge < -0.3 is 14.8 Å². The third-order valence-corrected chi connectivity index (χ3v) is 3.89. The van der Waals surface area contributed by atoms with Crippen molar-refractivity contribution in [2.45, 2.75) is 58.4 Å². The van der Waals surface area contributed by atoms with Crippen molar-refractivity contribution in [2.24, 2.45) is 0 Å². The zero-order valence-corrected chi connectivity index (χ0v) is 16.2. The van der Waals surface area contributed by atoms with Crippen LogP contribution in [0, 0.1) is 12.4 Å².